The van der Waals surface area contributed by atoms with Crippen molar-refractivity contribution in [3.8, 4) is 78.7 Å². The van der Waals surface area contributed by atoms with Crippen LogP contribution in [0.3, 0.4) is 0 Å². The van der Waals surface area contributed by atoms with E-state index in [1.54, 1.807) is 0 Å². The molecule has 1 aliphatic rings. The summed E-state index contributed by atoms with van der Waals surface area (Å²) in [7, 11) is 0. The van der Waals surface area contributed by atoms with E-state index >= 15 is 0 Å². The van der Waals surface area contributed by atoms with Crippen molar-refractivity contribution < 1.29 is 8.83 Å². The van der Waals surface area contributed by atoms with Gasteiger partial charge in [-0.05, 0) is 98.1 Å². The van der Waals surface area contributed by atoms with Crippen LogP contribution < -0.4 is 0 Å². The van der Waals surface area contributed by atoms with Gasteiger partial charge in [0.1, 0.15) is 22.3 Å². The molecule has 0 atom stereocenters. The molecule has 0 spiro atoms. The standard InChI is InChI=1S/C60H39N3O2/c1-60(2)49-21-8-6-18-46(49)55-43(19-11-22-50(55)60)41-16-10-15-39(33-41)40-30-32-52-48(34-40)56-47(20-12-24-53(56)64-52)59-62-57(38-27-25-37(26-28-38)36-13-4-3-5-14-36)61-58(63-59)42-29-31-45-44-17-7-9-23-51(44)65-54(45)35-42/h3-35H,1-2H3. The molecular weight excluding hydrogens is 795 g/mol. The Morgan fingerprint density at radius 1 is 0.323 bits per heavy atom. The van der Waals surface area contributed by atoms with Gasteiger partial charge in [0.2, 0.25) is 0 Å². The highest BCUT2D eigenvalue weighted by Gasteiger charge is 2.36. The van der Waals surface area contributed by atoms with Crippen LogP contribution in [0.15, 0.2) is 209 Å². The van der Waals surface area contributed by atoms with Gasteiger partial charge >= 0.3 is 0 Å². The lowest BCUT2D eigenvalue weighted by atomic mass is 9.82. The van der Waals surface area contributed by atoms with Gasteiger partial charge in [0, 0.05) is 43.7 Å². The van der Waals surface area contributed by atoms with E-state index < -0.39 is 0 Å². The van der Waals surface area contributed by atoms with Crippen LogP contribution in [-0.2, 0) is 5.41 Å². The molecule has 0 bridgehead atoms. The number of hydrogen-bond acceptors (Lipinski definition) is 5. The summed E-state index contributed by atoms with van der Waals surface area (Å²) in [6, 6.07) is 70.3. The smallest absolute Gasteiger partial charge is 0.164 e. The Bertz CT molecular complexity index is 3860. The fourth-order valence-electron chi connectivity index (χ4n) is 10.1. The van der Waals surface area contributed by atoms with Crippen LogP contribution in [0.1, 0.15) is 25.0 Å². The molecule has 12 aromatic rings. The number of para-hydroxylation sites is 1. The van der Waals surface area contributed by atoms with E-state index in [-0.39, 0.29) is 5.41 Å². The second-order valence-corrected chi connectivity index (χ2v) is 17.5. The third-order valence-corrected chi connectivity index (χ3v) is 13.4. The predicted molar refractivity (Wildman–Crippen MR) is 265 cm³/mol. The molecule has 0 unspecified atom stereocenters. The van der Waals surface area contributed by atoms with Crippen LogP contribution in [0.25, 0.3) is 123 Å². The van der Waals surface area contributed by atoms with Crippen LogP contribution in [0.5, 0.6) is 0 Å². The second kappa shape index (κ2) is 14.3. The van der Waals surface area contributed by atoms with Crippen molar-refractivity contribution >= 4 is 43.9 Å². The van der Waals surface area contributed by atoms with Crippen molar-refractivity contribution in [2.24, 2.45) is 0 Å². The number of furan rings is 2. The minimum atomic E-state index is -0.0696. The number of hydrogen-bond donors (Lipinski definition) is 0. The summed E-state index contributed by atoms with van der Waals surface area (Å²) in [4.78, 5) is 15.6. The predicted octanol–water partition coefficient (Wildman–Crippen LogP) is 16.0. The van der Waals surface area contributed by atoms with E-state index in [4.69, 9.17) is 23.8 Å². The molecule has 1 aliphatic carbocycles. The summed E-state index contributed by atoms with van der Waals surface area (Å²) in [5, 5.41) is 4.07. The first kappa shape index (κ1) is 37.2. The van der Waals surface area contributed by atoms with Crippen molar-refractivity contribution in [3.63, 3.8) is 0 Å². The minimum absolute atomic E-state index is 0.0696. The number of benzene rings is 9. The minimum Gasteiger partial charge on any atom is -0.456 e. The topological polar surface area (TPSA) is 65.0 Å². The zero-order chi connectivity index (χ0) is 43.2. The molecule has 0 saturated heterocycles. The van der Waals surface area contributed by atoms with E-state index in [9.17, 15) is 0 Å². The summed E-state index contributed by atoms with van der Waals surface area (Å²) in [6.45, 7) is 4.67. The van der Waals surface area contributed by atoms with E-state index in [1.807, 2.05) is 42.5 Å². The second-order valence-electron chi connectivity index (χ2n) is 17.5. The zero-order valence-electron chi connectivity index (χ0n) is 35.7. The lowest BCUT2D eigenvalue weighted by Gasteiger charge is -2.21. The largest absolute Gasteiger partial charge is 0.456 e. The molecule has 0 aliphatic heterocycles. The lowest BCUT2D eigenvalue weighted by molar-refractivity contribution is 0.660. The Kier molecular flexibility index (Phi) is 8.18. The van der Waals surface area contributed by atoms with Crippen molar-refractivity contribution in [2.75, 3.05) is 0 Å². The van der Waals surface area contributed by atoms with Crippen molar-refractivity contribution in [1.29, 1.82) is 0 Å². The highest BCUT2D eigenvalue weighted by molar-refractivity contribution is 6.13. The average molecular weight is 834 g/mol. The SMILES string of the molecule is CC1(C)c2ccccc2-c2c(-c3cccc(-c4ccc5oc6cccc(-c7nc(-c8ccc(-c9ccccc9)cc8)nc(-c8ccc9c(c8)oc8ccccc89)n7)c6c5c4)c3)cccc21. The van der Waals surface area contributed by atoms with E-state index in [1.165, 1.54) is 33.4 Å². The third-order valence-electron chi connectivity index (χ3n) is 13.4. The fourth-order valence-corrected chi connectivity index (χ4v) is 10.1. The highest BCUT2D eigenvalue weighted by atomic mass is 16.3. The van der Waals surface area contributed by atoms with Crippen LogP contribution in [-0.4, -0.2) is 15.0 Å². The average Bonchev–Trinajstić information content (AvgIpc) is 4.01. The van der Waals surface area contributed by atoms with Crippen LogP contribution in [0.4, 0.5) is 0 Å². The molecule has 0 saturated carbocycles. The normalized spacial score (nSPS) is 12.9. The van der Waals surface area contributed by atoms with Gasteiger partial charge in [-0.3, -0.25) is 0 Å². The van der Waals surface area contributed by atoms with Gasteiger partial charge in [0.05, 0.1) is 0 Å². The monoisotopic (exact) mass is 833 g/mol. The highest BCUT2D eigenvalue weighted by Crippen LogP contribution is 2.52. The zero-order valence-corrected chi connectivity index (χ0v) is 35.7. The Morgan fingerprint density at radius 3 is 1.77 bits per heavy atom. The molecule has 5 heteroatoms. The Labute approximate surface area is 375 Å². The molecule has 9 aromatic carbocycles. The Hall–Kier alpha value is -8.41. The summed E-state index contributed by atoms with van der Waals surface area (Å²) >= 11 is 0. The molecule has 13 rings (SSSR count). The van der Waals surface area contributed by atoms with Crippen LogP contribution in [0, 0.1) is 0 Å². The lowest BCUT2D eigenvalue weighted by Crippen LogP contribution is -2.14. The number of nitrogens with zero attached hydrogens (tertiary/aromatic N) is 3. The molecule has 65 heavy (non-hydrogen) atoms. The summed E-state index contributed by atoms with van der Waals surface area (Å²) < 4.78 is 12.9. The van der Waals surface area contributed by atoms with E-state index in [2.05, 4.69) is 172 Å². The van der Waals surface area contributed by atoms with E-state index in [0.717, 1.165) is 82.8 Å². The quantitative estimate of drug-likeness (QED) is 0.167. The van der Waals surface area contributed by atoms with Gasteiger partial charge in [0.15, 0.2) is 17.5 Å². The molecule has 3 aromatic heterocycles. The van der Waals surface area contributed by atoms with Crippen molar-refractivity contribution in [3.05, 3.63) is 211 Å². The number of rotatable bonds is 6. The summed E-state index contributed by atoms with van der Waals surface area (Å²) in [5.41, 5.74) is 18.0. The van der Waals surface area contributed by atoms with Gasteiger partial charge in [-0.1, -0.05) is 172 Å². The Balaban J connectivity index is 0.955. The molecular formula is C60H39N3O2. The summed E-state index contributed by atoms with van der Waals surface area (Å²) in [5.74, 6) is 1.69. The van der Waals surface area contributed by atoms with Gasteiger partial charge in [-0.2, -0.15) is 0 Å². The summed E-state index contributed by atoms with van der Waals surface area (Å²) in [6.07, 6.45) is 0. The van der Waals surface area contributed by atoms with E-state index in [0.29, 0.717) is 17.5 Å². The van der Waals surface area contributed by atoms with Gasteiger partial charge in [0.25, 0.3) is 0 Å². The first-order valence-corrected chi connectivity index (χ1v) is 22.1. The Morgan fingerprint density at radius 2 is 0.877 bits per heavy atom. The van der Waals surface area contributed by atoms with Crippen LogP contribution >= 0.6 is 0 Å². The maximum atomic E-state index is 6.58. The number of aromatic nitrogens is 3. The molecule has 0 N–H and O–H groups in total. The van der Waals surface area contributed by atoms with Crippen LogP contribution in [0.2, 0.25) is 0 Å². The first-order chi connectivity index (χ1) is 31.9. The molecule has 3 heterocycles. The first-order valence-electron chi connectivity index (χ1n) is 22.1. The van der Waals surface area contributed by atoms with Crippen molar-refractivity contribution in [1.82, 2.24) is 15.0 Å². The van der Waals surface area contributed by atoms with Gasteiger partial charge < -0.3 is 8.83 Å². The molecule has 0 fully saturated rings. The maximum Gasteiger partial charge on any atom is 0.164 e. The molecule has 0 amide bonds. The molecule has 306 valence electrons. The van der Waals surface area contributed by atoms with Gasteiger partial charge in [-0.25, -0.2) is 15.0 Å². The van der Waals surface area contributed by atoms with Crippen molar-refractivity contribution in [2.45, 2.75) is 19.3 Å². The molecule has 0 radical (unpaired) electrons. The maximum absolute atomic E-state index is 6.58. The fraction of sp³-hybridized carbons (Fsp3) is 0.0500. The third kappa shape index (κ3) is 5.97. The van der Waals surface area contributed by atoms with Gasteiger partial charge in [-0.15, -0.1) is 0 Å². The molecule has 5 nitrogen and oxygen atoms in total. The number of fused-ring (bicyclic) bond motifs is 9.